The average molecular weight is 531 g/mol. The molecule has 5 N–H and O–H groups in total. The Hall–Kier alpha value is -4.28. The normalized spacial score (nSPS) is 18.9. The van der Waals surface area contributed by atoms with Crippen LogP contribution in [-0.2, 0) is 9.59 Å². The van der Waals surface area contributed by atoms with E-state index in [9.17, 15) is 19.5 Å². The Bertz CT molecular complexity index is 1330. The lowest BCUT2D eigenvalue weighted by atomic mass is 9.88. The van der Waals surface area contributed by atoms with Crippen LogP contribution < -0.4 is 26.2 Å². The van der Waals surface area contributed by atoms with E-state index >= 15 is 0 Å². The van der Waals surface area contributed by atoms with Crippen molar-refractivity contribution in [1.29, 1.82) is 0 Å². The molecule has 0 aliphatic carbocycles. The molecule has 0 saturated carbocycles. The van der Waals surface area contributed by atoms with Gasteiger partial charge in [-0.3, -0.25) is 19.9 Å². The van der Waals surface area contributed by atoms with Gasteiger partial charge in [0, 0.05) is 35.7 Å². The van der Waals surface area contributed by atoms with Crippen molar-refractivity contribution >= 4 is 41.0 Å². The summed E-state index contributed by atoms with van der Waals surface area (Å²) in [5.41, 5.74) is 2.52. The van der Waals surface area contributed by atoms with E-state index in [0.717, 1.165) is 16.8 Å². The van der Waals surface area contributed by atoms with Crippen LogP contribution in [0.4, 0.5) is 21.9 Å². The monoisotopic (exact) mass is 530 g/mol. The van der Waals surface area contributed by atoms with Gasteiger partial charge in [-0.2, -0.15) is 0 Å². The Kier molecular flexibility index (Phi) is 8.58. The first kappa shape index (κ1) is 27.7. The number of aliphatic hydroxyl groups is 1. The third-order valence-electron chi connectivity index (χ3n) is 6.78. The maximum absolute atomic E-state index is 14.0. The first-order valence-electron chi connectivity index (χ1n) is 12.7. The Morgan fingerprint density at radius 1 is 1.13 bits per heavy atom. The first-order chi connectivity index (χ1) is 18.7. The van der Waals surface area contributed by atoms with Crippen molar-refractivity contribution in [3.63, 3.8) is 0 Å². The smallest absolute Gasteiger partial charge is 0.320 e. The zero-order valence-electron chi connectivity index (χ0n) is 22.3. The minimum atomic E-state index is -1.17. The van der Waals surface area contributed by atoms with Crippen LogP contribution >= 0.6 is 0 Å². The number of hydrogen-bond donors (Lipinski definition) is 5. The zero-order chi connectivity index (χ0) is 28.0. The van der Waals surface area contributed by atoms with Crippen LogP contribution in [-0.4, -0.2) is 62.0 Å². The molecular weight excluding hydrogens is 496 g/mol. The summed E-state index contributed by atoms with van der Waals surface area (Å²) in [4.78, 5) is 46.0. The standard InChI is InChI=1S/C29H34N6O4/c1-29(2,18-36)24(37)17-35-23-13-5-4-12-22(23)25(19-9-6-7-14-31-16-19)33-26(27(35)38)34-28(39)32-21-11-8-10-20(15-21)30-3/h4-15,25-26,30,33,36H,16-18H2,1-3H3,(H2,32,34,39)/t25?,26-/m0/s1. The molecule has 10 heteroatoms. The Labute approximate surface area is 227 Å². The fourth-order valence-electron chi connectivity index (χ4n) is 4.34. The average Bonchev–Trinajstić information content (AvgIpc) is 3.27. The number of carbonyl (C=O) groups excluding carboxylic acids is 3. The third kappa shape index (κ3) is 6.42. The van der Waals surface area contributed by atoms with Crippen molar-refractivity contribution in [2.75, 3.05) is 42.3 Å². The second-order valence-electron chi connectivity index (χ2n) is 10.0. The van der Waals surface area contributed by atoms with Crippen molar-refractivity contribution in [2.45, 2.75) is 26.1 Å². The van der Waals surface area contributed by atoms with Gasteiger partial charge in [0.05, 0.1) is 25.7 Å². The second kappa shape index (κ2) is 12.1. The molecule has 2 heterocycles. The van der Waals surface area contributed by atoms with E-state index in [0.29, 0.717) is 17.9 Å². The minimum Gasteiger partial charge on any atom is -0.395 e. The predicted octanol–water partition coefficient (Wildman–Crippen LogP) is 3.01. The van der Waals surface area contributed by atoms with Crippen LogP contribution in [0.1, 0.15) is 25.5 Å². The predicted molar refractivity (Wildman–Crippen MR) is 153 cm³/mol. The minimum absolute atomic E-state index is 0.265. The first-order valence-corrected chi connectivity index (χ1v) is 12.7. The van der Waals surface area contributed by atoms with Crippen LogP contribution in [0.25, 0.3) is 0 Å². The molecule has 0 bridgehead atoms. The van der Waals surface area contributed by atoms with Crippen LogP contribution in [0.5, 0.6) is 0 Å². The van der Waals surface area contributed by atoms with E-state index < -0.39 is 29.6 Å². The highest BCUT2D eigenvalue weighted by Crippen LogP contribution is 2.35. The SMILES string of the molecule is CNc1cccc(NC(=O)N[C@@H]2NC(C3=CC=CC=NC3)c3ccccc3N(CC(=O)C(C)(C)CO)C2=O)c1. The van der Waals surface area contributed by atoms with Gasteiger partial charge in [0.15, 0.2) is 11.9 Å². The molecule has 204 valence electrons. The number of ketones is 1. The quantitative estimate of drug-likeness (QED) is 0.356. The highest BCUT2D eigenvalue weighted by molar-refractivity contribution is 6.06. The molecule has 39 heavy (non-hydrogen) atoms. The summed E-state index contributed by atoms with van der Waals surface area (Å²) in [7, 11) is 1.78. The number of nitrogens with one attached hydrogen (secondary N) is 4. The van der Waals surface area contributed by atoms with E-state index in [4.69, 9.17) is 0 Å². The molecule has 2 aliphatic rings. The number of allylic oxidation sites excluding steroid dienone is 3. The van der Waals surface area contributed by atoms with Gasteiger partial charge in [-0.05, 0) is 41.5 Å². The number of Topliss-reactive ketones (excluding diaryl/α,β-unsaturated/α-hetero) is 1. The number of anilines is 3. The summed E-state index contributed by atoms with van der Waals surface area (Å²) in [5, 5.41) is 21.6. The summed E-state index contributed by atoms with van der Waals surface area (Å²) in [6.45, 7) is 3.03. The van der Waals surface area contributed by atoms with E-state index in [1.54, 1.807) is 57.4 Å². The van der Waals surface area contributed by atoms with Gasteiger partial charge in [0.25, 0.3) is 5.91 Å². The molecule has 2 aliphatic heterocycles. The summed E-state index contributed by atoms with van der Waals surface area (Å²) in [5.74, 6) is -0.806. The van der Waals surface area contributed by atoms with E-state index in [2.05, 4.69) is 26.3 Å². The van der Waals surface area contributed by atoms with Crippen LogP contribution in [0, 0.1) is 5.41 Å². The molecule has 0 radical (unpaired) electrons. The van der Waals surface area contributed by atoms with Crippen LogP contribution in [0.3, 0.4) is 0 Å². The third-order valence-corrected chi connectivity index (χ3v) is 6.78. The lowest BCUT2D eigenvalue weighted by molar-refractivity contribution is -0.130. The Morgan fingerprint density at radius 2 is 1.90 bits per heavy atom. The van der Waals surface area contributed by atoms with Crippen LogP contribution in [0.15, 0.2) is 77.3 Å². The lowest BCUT2D eigenvalue weighted by Gasteiger charge is -2.29. The number of nitrogens with zero attached hydrogens (tertiary/aromatic N) is 2. The molecule has 2 aromatic carbocycles. The van der Waals surface area contributed by atoms with Gasteiger partial charge >= 0.3 is 6.03 Å². The molecule has 4 rings (SSSR count). The van der Waals surface area contributed by atoms with Crippen molar-refractivity contribution < 1.29 is 19.5 Å². The molecule has 2 atom stereocenters. The number of fused-ring (bicyclic) bond motifs is 1. The molecule has 3 amide bonds. The van der Waals surface area contributed by atoms with E-state index in [1.807, 2.05) is 36.4 Å². The maximum atomic E-state index is 14.0. The number of amides is 3. The number of urea groups is 1. The molecule has 0 spiro atoms. The Balaban J connectivity index is 1.70. The van der Waals surface area contributed by atoms with Crippen molar-refractivity contribution in [3.05, 3.63) is 77.9 Å². The Morgan fingerprint density at radius 3 is 2.67 bits per heavy atom. The highest BCUT2D eigenvalue weighted by Gasteiger charge is 2.39. The topological polar surface area (TPSA) is 135 Å². The largest absolute Gasteiger partial charge is 0.395 e. The van der Waals surface area contributed by atoms with Crippen molar-refractivity contribution in [3.8, 4) is 0 Å². The number of hydrogen-bond acceptors (Lipinski definition) is 7. The fraction of sp³-hybridized carbons (Fsp3) is 0.310. The number of benzene rings is 2. The number of para-hydroxylation sites is 1. The molecule has 0 aromatic heterocycles. The molecule has 1 unspecified atom stereocenters. The fourth-order valence-corrected chi connectivity index (χ4v) is 4.34. The molecule has 0 fully saturated rings. The zero-order valence-corrected chi connectivity index (χ0v) is 22.3. The molecule has 2 aromatic rings. The summed E-state index contributed by atoms with van der Waals surface area (Å²) in [6.07, 6.45) is 6.17. The molecule has 10 nitrogen and oxygen atoms in total. The van der Waals surface area contributed by atoms with E-state index in [1.165, 1.54) is 4.90 Å². The van der Waals surface area contributed by atoms with Gasteiger partial charge in [0.2, 0.25) is 0 Å². The van der Waals surface area contributed by atoms with Crippen molar-refractivity contribution in [2.24, 2.45) is 10.4 Å². The number of carbonyl (C=O) groups is 3. The van der Waals surface area contributed by atoms with Gasteiger partial charge < -0.3 is 26.0 Å². The van der Waals surface area contributed by atoms with Gasteiger partial charge in [-0.25, -0.2) is 4.79 Å². The van der Waals surface area contributed by atoms with Gasteiger partial charge in [0.1, 0.15) is 0 Å². The summed E-state index contributed by atoms with van der Waals surface area (Å²) < 4.78 is 0. The van der Waals surface area contributed by atoms with Gasteiger partial charge in [-0.15, -0.1) is 0 Å². The van der Waals surface area contributed by atoms with E-state index in [-0.39, 0.29) is 18.9 Å². The lowest BCUT2D eigenvalue weighted by Crippen LogP contribution is -2.57. The van der Waals surface area contributed by atoms with Gasteiger partial charge in [-0.1, -0.05) is 50.3 Å². The summed E-state index contributed by atoms with van der Waals surface area (Å²) in [6, 6.07) is 13.4. The highest BCUT2D eigenvalue weighted by atomic mass is 16.3. The maximum Gasteiger partial charge on any atom is 0.320 e. The van der Waals surface area contributed by atoms with Crippen LogP contribution in [0.2, 0.25) is 0 Å². The number of aliphatic hydroxyl groups excluding tert-OH is 1. The summed E-state index contributed by atoms with van der Waals surface area (Å²) >= 11 is 0. The molecular formula is C29H34N6O4. The number of rotatable bonds is 8. The second-order valence-corrected chi connectivity index (χ2v) is 10.0. The van der Waals surface area contributed by atoms with Crippen molar-refractivity contribution in [1.82, 2.24) is 10.6 Å². The molecule has 0 saturated heterocycles. The number of aliphatic imine (C=N–C) groups is 1.